The van der Waals surface area contributed by atoms with Gasteiger partial charge in [-0.25, -0.2) is 0 Å². The Hall–Kier alpha value is 2.11. The van der Waals surface area contributed by atoms with Crippen LogP contribution in [-0.4, -0.2) is 117 Å². The van der Waals surface area contributed by atoms with Crippen LogP contribution >= 0.6 is 0 Å². The first-order chi connectivity index (χ1) is 3.73. The Balaban J connectivity index is -0.0000000383. The summed E-state index contributed by atoms with van der Waals surface area (Å²) >= 11 is 0. The number of hydrogen-bond acceptors (Lipinski definition) is 7. The van der Waals surface area contributed by atoms with Gasteiger partial charge in [-0.15, -0.1) is 0 Å². The molecular formula is H12AlBBaO7Si. The molecule has 0 aliphatic rings. The molecule has 0 unspecified atom stereocenters. The van der Waals surface area contributed by atoms with Crippen molar-refractivity contribution in [3.8, 4) is 0 Å². The predicted molar refractivity (Wildman–Crippen MR) is 45.5 cm³/mol. The van der Waals surface area contributed by atoms with E-state index in [4.69, 9.17) is 34.3 Å². The van der Waals surface area contributed by atoms with Gasteiger partial charge < -0.3 is 34.3 Å². The van der Waals surface area contributed by atoms with Crippen LogP contribution in [0.2, 0.25) is 0 Å². The van der Waals surface area contributed by atoms with E-state index in [0.717, 1.165) is 0 Å². The monoisotopic (exact) mass is 328 g/mol. The second kappa shape index (κ2) is 12.1. The molecule has 7 nitrogen and oxygen atoms in total. The quantitative estimate of drug-likeness (QED) is 0.219. The fourth-order valence-corrected chi connectivity index (χ4v) is 0. The molecule has 0 amide bonds. The van der Waals surface area contributed by atoms with Gasteiger partial charge in [0.1, 0.15) is 0 Å². The van der Waals surface area contributed by atoms with Crippen LogP contribution in [0.1, 0.15) is 0 Å². The Bertz CT molecular complexity index is 55.2. The average Bonchev–Trinajstić information content (AvgIpc) is 1.19. The van der Waals surface area contributed by atoms with E-state index in [2.05, 4.69) is 0 Å². The number of hydrogen-bond donors (Lipinski definition) is 7. The molecule has 0 fully saturated rings. The minimum atomic E-state index is -4.61. The van der Waals surface area contributed by atoms with Crippen molar-refractivity contribution in [2.45, 2.75) is 0 Å². The summed E-state index contributed by atoms with van der Waals surface area (Å²) in [5, 5.41) is 21.5. The van der Waals surface area contributed by atoms with E-state index >= 15 is 0 Å². The molecule has 0 heterocycles. The van der Waals surface area contributed by atoms with Gasteiger partial charge in [0.2, 0.25) is 0 Å². The van der Waals surface area contributed by atoms with Crippen molar-refractivity contribution in [2.75, 3.05) is 0 Å². The van der Waals surface area contributed by atoms with E-state index in [1.165, 1.54) is 0 Å². The Kier molecular flexibility index (Phi) is 25.5. The van der Waals surface area contributed by atoms with Gasteiger partial charge in [-0.3, -0.25) is 0 Å². The van der Waals surface area contributed by atoms with Gasteiger partial charge in [0.15, 0.2) is 17.4 Å². The van der Waals surface area contributed by atoms with Crippen molar-refractivity contribution in [1.82, 2.24) is 0 Å². The summed E-state index contributed by atoms with van der Waals surface area (Å²) in [6.07, 6.45) is 0. The van der Waals surface area contributed by atoms with Gasteiger partial charge in [0.25, 0.3) is 0 Å². The second-order valence-corrected chi connectivity index (χ2v) is 2.15. The zero-order valence-electron chi connectivity index (χ0n) is 4.21. The van der Waals surface area contributed by atoms with Crippen LogP contribution in [0.25, 0.3) is 0 Å². The van der Waals surface area contributed by atoms with Crippen molar-refractivity contribution in [1.29, 1.82) is 0 Å². The molecule has 0 atom stereocenters. The first kappa shape index (κ1) is 23.2. The van der Waals surface area contributed by atoms with Crippen molar-refractivity contribution in [2.24, 2.45) is 0 Å². The van der Waals surface area contributed by atoms with E-state index < -0.39 is 16.4 Å². The Morgan fingerprint density at radius 3 is 0.818 bits per heavy atom. The molecule has 0 rings (SSSR count). The van der Waals surface area contributed by atoms with Crippen LogP contribution in [0.3, 0.4) is 0 Å². The summed E-state index contributed by atoms with van der Waals surface area (Å²) in [6, 6.07) is 0. The van der Waals surface area contributed by atoms with Gasteiger partial charge in [-0.05, 0) is 0 Å². The third-order valence-corrected chi connectivity index (χ3v) is 0. The van der Waals surface area contributed by atoms with Gasteiger partial charge >= 0.3 is 65.3 Å². The van der Waals surface area contributed by atoms with E-state index in [1.54, 1.807) is 0 Å². The molecule has 7 N–H and O–H groups in total. The summed E-state index contributed by atoms with van der Waals surface area (Å²) < 4.78 is 0. The molecule has 0 saturated heterocycles. The zero-order valence-corrected chi connectivity index (χ0v) is 5.21. The van der Waals surface area contributed by atoms with Crippen LogP contribution in [0.5, 0.6) is 0 Å². The summed E-state index contributed by atoms with van der Waals surface area (Å²) in [5.41, 5.74) is 0. The molecule has 0 aromatic heterocycles. The summed E-state index contributed by atoms with van der Waals surface area (Å²) in [6.45, 7) is 0. The van der Waals surface area contributed by atoms with E-state index in [-0.39, 0.29) is 66.2 Å². The van der Waals surface area contributed by atoms with Gasteiger partial charge in [0.05, 0.1) is 0 Å². The minimum absolute atomic E-state index is 0. The molecule has 66 valence electrons. The zero-order chi connectivity index (χ0) is 8.08. The van der Waals surface area contributed by atoms with Crippen LogP contribution in [0.4, 0.5) is 0 Å². The molecule has 0 spiro atoms. The van der Waals surface area contributed by atoms with Gasteiger partial charge in [-0.1, -0.05) is 0 Å². The fourth-order valence-electron chi connectivity index (χ4n) is 0. The fraction of sp³-hybridized carbons (Fsp3) is 0. The van der Waals surface area contributed by atoms with Crippen LogP contribution in [-0.2, 0) is 0 Å². The number of rotatable bonds is 0. The Morgan fingerprint density at radius 2 is 0.818 bits per heavy atom. The van der Waals surface area contributed by atoms with Crippen molar-refractivity contribution >= 4 is 82.6 Å². The predicted octanol–water partition coefficient (Wildman–Crippen LogP) is -6.76. The first-order valence-corrected chi connectivity index (χ1v) is 3.46. The molecule has 0 radical (unpaired) electrons. The van der Waals surface area contributed by atoms with Crippen LogP contribution < -0.4 is 0 Å². The van der Waals surface area contributed by atoms with E-state index in [0.29, 0.717) is 0 Å². The second-order valence-electron chi connectivity index (χ2n) is 0.946. The van der Waals surface area contributed by atoms with Crippen molar-refractivity contribution in [3.05, 3.63) is 0 Å². The topological polar surface area (TPSA) is 142 Å². The molecule has 0 bridgehead atoms. The van der Waals surface area contributed by atoms with Crippen molar-refractivity contribution in [3.63, 3.8) is 0 Å². The van der Waals surface area contributed by atoms with Crippen LogP contribution in [0, 0.1) is 0 Å². The maximum absolute atomic E-state index is 7.33. The molecule has 0 aromatic carbocycles. The summed E-state index contributed by atoms with van der Waals surface area (Å²) in [5.74, 6) is 0. The summed E-state index contributed by atoms with van der Waals surface area (Å²) in [7, 11) is -6.78. The molecule has 11 heavy (non-hydrogen) atoms. The molecule has 0 saturated carbocycles. The average molecular weight is 327 g/mol. The van der Waals surface area contributed by atoms with Crippen LogP contribution in [0.15, 0.2) is 0 Å². The van der Waals surface area contributed by atoms with E-state index in [9.17, 15) is 0 Å². The molecule has 11 heteroatoms. The standard InChI is InChI=1S/Al.BH3O3.Ba.H4O4Si.5H/c;2-1(3)4;;1-5(2,3)4;;;;;/h;2-4H;;1-4H;;;;;. The summed E-state index contributed by atoms with van der Waals surface area (Å²) in [4.78, 5) is 29.3. The Labute approximate surface area is 115 Å². The first-order valence-electron chi connectivity index (χ1n) is 1.67. The van der Waals surface area contributed by atoms with Crippen molar-refractivity contribution < 1.29 is 34.3 Å². The third-order valence-electron chi connectivity index (χ3n) is 0. The molecule has 0 aromatic rings. The normalized spacial score (nSPS) is 7.91. The third kappa shape index (κ3) is 279. The molecular weight excluding hydrogens is 315 g/mol. The van der Waals surface area contributed by atoms with E-state index in [1.807, 2.05) is 0 Å². The van der Waals surface area contributed by atoms with Gasteiger partial charge in [0, 0.05) is 0 Å². The SMILES string of the molecule is OB(O)O.O[Si](O)(O)O.[AlH3].[BaH2]. The molecule has 0 aliphatic heterocycles. The maximum atomic E-state index is 7.33. The Morgan fingerprint density at radius 1 is 0.818 bits per heavy atom. The molecule has 0 aliphatic carbocycles. The van der Waals surface area contributed by atoms with Gasteiger partial charge in [-0.2, -0.15) is 0 Å².